The molecule has 3 N–H and O–H groups in total. The molecular formula is C14H9BrClFN2OS. The van der Waals surface area contributed by atoms with Crippen LogP contribution in [-0.2, 0) is 0 Å². The number of carbonyl (C=O) groups is 1. The Kier molecular flexibility index (Phi) is 4.92. The van der Waals surface area contributed by atoms with Gasteiger partial charge >= 0.3 is 0 Å². The molecule has 2 aromatic rings. The van der Waals surface area contributed by atoms with Gasteiger partial charge in [-0.05, 0) is 30.3 Å². The third-order valence-corrected chi connectivity index (χ3v) is 3.79. The summed E-state index contributed by atoms with van der Waals surface area (Å²) in [5.74, 6) is -1.20. The minimum Gasteiger partial charge on any atom is -0.389 e. The van der Waals surface area contributed by atoms with Gasteiger partial charge in [-0.25, -0.2) is 4.39 Å². The maximum atomic E-state index is 13.4. The minimum atomic E-state index is -0.658. The topological polar surface area (TPSA) is 55.1 Å². The Balaban J connectivity index is 2.36. The number of thiocarbonyl (C=S) groups is 1. The Morgan fingerprint density at radius 3 is 2.67 bits per heavy atom. The van der Waals surface area contributed by atoms with Crippen molar-refractivity contribution in [3.05, 3.63) is 62.8 Å². The number of hydrogen-bond acceptors (Lipinski definition) is 2. The average molecular weight is 388 g/mol. The molecule has 0 aliphatic carbocycles. The molecule has 0 radical (unpaired) electrons. The van der Waals surface area contributed by atoms with Crippen LogP contribution in [0.3, 0.4) is 0 Å². The third-order valence-electron chi connectivity index (χ3n) is 2.69. The van der Waals surface area contributed by atoms with Gasteiger partial charge in [0.25, 0.3) is 5.91 Å². The number of nitrogens with one attached hydrogen (secondary N) is 1. The molecule has 0 fully saturated rings. The van der Waals surface area contributed by atoms with Gasteiger partial charge in [0.05, 0.1) is 16.3 Å². The van der Waals surface area contributed by atoms with Crippen LogP contribution in [0.2, 0.25) is 5.02 Å². The van der Waals surface area contributed by atoms with E-state index in [0.717, 1.165) is 4.47 Å². The third kappa shape index (κ3) is 3.58. The first-order valence-corrected chi connectivity index (χ1v) is 7.33. The van der Waals surface area contributed by atoms with Gasteiger partial charge in [0, 0.05) is 10.0 Å². The van der Waals surface area contributed by atoms with Gasteiger partial charge in [0.1, 0.15) is 10.8 Å². The van der Waals surface area contributed by atoms with Crippen LogP contribution in [0.25, 0.3) is 0 Å². The normalized spacial score (nSPS) is 10.2. The molecule has 1 amide bonds. The average Bonchev–Trinajstić information content (AvgIpc) is 2.43. The fourth-order valence-corrected chi connectivity index (χ4v) is 2.44. The largest absolute Gasteiger partial charge is 0.389 e. The molecule has 0 saturated heterocycles. The summed E-state index contributed by atoms with van der Waals surface area (Å²) in [5.41, 5.74) is 6.59. The van der Waals surface area contributed by atoms with Crippen molar-refractivity contribution in [3.63, 3.8) is 0 Å². The first-order valence-electron chi connectivity index (χ1n) is 5.75. The van der Waals surface area contributed by atoms with Crippen molar-refractivity contribution in [2.24, 2.45) is 5.73 Å². The predicted octanol–water partition coefficient (Wildman–Crippen LogP) is 4.13. The van der Waals surface area contributed by atoms with Crippen LogP contribution in [0.4, 0.5) is 10.1 Å². The first kappa shape index (κ1) is 15.9. The summed E-state index contributed by atoms with van der Waals surface area (Å²) in [4.78, 5) is 12.3. The number of nitrogens with two attached hydrogens (primary N) is 1. The smallest absolute Gasteiger partial charge is 0.257 e. The van der Waals surface area contributed by atoms with Crippen molar-refractivity contribution in [2.75, 3.05) is 5.32 Å². The number of rotatable bonds is 3. The molecule has 21 heavy (non-hydrogen) atoms. The lowest BCUT2D eigenvalue weighted by Gasteiger charge is -2.11. The second kappa shape index (κ2) is 6.51. The molecule has 2 rings (SSSR count). The molecule has 2 aromatic carbocycles. The lowest BCUT2D eigenvalue weighted by Crippen LogP contribution is -2.18. The van der Waals surface area contributed by atoms with Crippen molar-refractivity contribution in [3.8, 4) is 0 Å². The molecule has 108 valence electrons. The van der Waals surface area contributed by atoms with Crippen molar-refractivity contribution >= 4 is 56.3 Å². The molecule has 0 aliphatic rings. The first-order chi connectivity index (χ1) is 9.90. The Bertz CT molecular complexity index is 739. The zero-order valence-electron chi connectivity index (χ0n) is 10.5. The van der Waals surface area contributed by atoms with Crippen LogP contribution in [0.1, 0.15) is 15.9 Å². The van der Waals surface area contributed by atoms with E-state index in [4.69, 9.17) is 29.6 Å². The fourth-order valence-electron chi connectivity index (χ4n) is 1.70. The van der Waals surface area contributed by atoms with Crippen LogP contribution in [-0.4, -0.2) is 10.9 Å². The van der Waals surface area contributed by atoms with Crippen molar-refractivity contribution < 1.29 is 9.18 Å². The molecule has 0 heterocycles. The van der Waals surface area contributed by atoms with E-state index in [0.29, 0.717) is 11.3 Å². The Labute approximate surface area is 139 Å². The molecule has 0 unspecified atom stereocenters. The summed E-state index contributed by atoms with van der Waals surface area (Å²) in [6.45, 7) is 0. The van der Waals surface area contributed by atoms with Crippen LogP contribution in [0.5, 0.6) is 0 Å². The minimum absolute atomic E-state index is 0.0356. The number of hydrogen-bond donors (Lipinski definition) is 2. The molecule has 0 atom stereocenters. The quantitative estimate of drug-likeness (QED) is 0.779. The zero-order valence-corrected chi connectivity index (χ0v) is 13.7. The summed E-state index contributed by atoms with van der Waals surface area (Å²) in [6, 6.07) is 9.07. The van der Waals surface area contributed by atoms with Gasteiger partial charge in [-0.3, -0.25) is 4.79 Å². The van der Waals surface area contributed by atoms with E-state index < -0.39 is 11.7 Å². The maximum Gasteiger partial charge on any atom is 0.257 e. The van der Waals surface area contributed by atoms with Crippen LogP contribution in [0, 0.1) is 5.82 Å². The molecule has 3 nitrogen and oxygen atoms in total. The van der Waals surface area contributed by atoms with E-state index in [1.54, 1.807) is 18.2 Å². The van der Waals surface area contributed by atoms with Gasteiger partial charge in [-0.1, -0.05) is 45.8 Å². The molecular weight excluding hydrogens is 379 g/mol. The van der Waals surface area contributed by atoms with E-state index in [1.807, 2.05) is 0 Å². The summed E-state index contributed by atoms with van der Waals surface area (Å²) < 4.78 is 14.2. The van der Waals surface area contributed by atoms with Gasteiger partial charge in [0.2, 0.25) is 0 Å². The second-order valence-corrected chi connectivity index (χ2v) is 5.84. The Morgan fingerprint density at radius 2 is 2.00 bits per heavy atom. The Morgan fingerprint density at radius 1 is 1.29 bits per heavy atom. The molecule has 0 aliphatic heterocycles. The van der Waals surface area contributed by atoms with Gasteiger partial charge in [0.15, 0.2) is 0 Å². The van der Waals surface area contributed by atoms with E-state index in [1.165, 1.54) is 18.2 Å². The summed E-state index contributed by atoms with van der Waals surface area (Å²) in [5, 5.41) is 2.39. The molecule has 0 aromatic heterocycles. The predicted molar refractivity (Wildman–Crippen MR) is 89.4 cm³/mol. The highest BCUT2D eigenvalue weighted by Crippen LogP contribution is 2.24. The monoisotopic (exact) mass is 386 g/mol. The zero-order chi connectivity index (χ0) is 15.6. The lowest BCUT2D eigenvalue weighted by molar-refractivity contribution is 0.102. The van der Waals surface area contributed by atoms with E-state index in [9.17, 15) is 9.18 Å². The van der Waals surface area contributed by atoms with E-state index in [-0.39, 0.29) is 15.6 Å². The number of carbonyl (C=O) groups excluding carboxylic acids is 1. The van der Waals surface area contributed by atoms with Crippen molar-refractivity contribution in [2.45, 2.75) is 0 Å². The highest BCUT2D eigenvalue weighted by Gasteiger charge is 2.15. The van der Waals surface area contributed by atoms with Crippen LogP contribution >= 0.6 is 39.7 Å². The molecule has 0 bridgehead atoms. The van der Waals surface area contributed by atoms with Gasteiger partial charge < -0.3 is 11.1 Å². The van der Waals surface area contributed by atoms with E-state index >= 15 is 0 Å². The second-order valence-electron chi connectivity index (χ2n) is 4.11. The van der Waals surface area contributed by atoms with Crippen molar-refractivity contribution in [1.82, 2.24) is 0 Å². The maximum absolute atomic E-state index is 13.4. The summed E-state index contributed by atoms with van der Waals surface area (Å²) in [7, 11) is 0. The molecule has 7 heteroatoms. The standard InChI is InChI=1S/C14H9BrClFN2OS/c15-7-4-5-11(9(6-7)13(18)21)19-14(20)8-2-1-3-10(17)12(8)16/h1-6H,(H2,18,21)(H,19,20). The number of anilines is 1. The highest BCUT2D eigenvalue weighted by atomic mass is 79.9. The number of amides is 1. The Hall–Kier alpha value is -1.50. The lowest BCUT2D eigenvalue weighted by atomic mass is 10.1. The SMILES string of the molecule is NC(=S)c1cc(Br)ccc1NC(=O)c1cccc(F)c1Cl. The van der Waals surface area contributed by atoms with Gasteiger partial charge in [-0.15, -0.1) is 0 Å². The number of halogens is 3. The summed E-state index contributed by atoms with van der Waals surface area (Å²) in [6.07, 6.45) is 0. The molecule has 0 spiro atoms. The van der Waals surface area contributed by atoms with Crippen LogP contribution in [0.15, 0.2) is 40.9 Å². The number of benzene rings is 2. The fraction of sp³-hybridized carbons (Fsp3) is 0. The molecule has 0 saturated carbocycles. The van der Waals surface area contributed by atoms with Gasteiger partial charge in [-0.2, -0.15) is 0 Å². The van der Waals surface area contributed by atoms with Crippen molar-refractivity contribution in [1.29, 1.82) is 0 Å². The highest BCUT2D eigenvalue weighted by molar-refractivity contribution is 9.10. The van der Waals surface area contributed by atoms with E-state index in [2.05, 4.69) is 21.2 Å². The summed E-state index contributed by atoms with van der Waals surface area (Å²) >= 11 is 14.0. The van der Waals surface area contributed by atoms with Crippen LogP contribution < -0.4 is 11.1 Å².